The highest BCUT2D eigenvalue weighted by Crippen LogP contribution is 2.71. The summed E-state index contributed by atoms with van der Waals surface area (Å²) in [6, 6.07) is 0. The van der Waals surface area contributed by atoms with Gasteiger partial charge in [-0.05, 0) is 42.1 Å². The van der Waals surface area contributed by atoms with E-state index in [-0.39, 0.29) is 22.0 Å². The van der Waals surface area contributed by atoms with E-state index in [1.807, 2.05) is 12.2 Å². The van der Waals surface area contributed by atoms with Crippen molar-refractivity contribution in [3.8, 4) is 0 Å². The Kier molecular flexibility index (Phi) is 3.62. The van der Waals surface area contributed by atoms with Crippen LogP contribution in [0.3, 0.4) is 0 Å². The van der Waals surface area contributed by atoms with Gasteiger partial charge in [-0.2, -0.15) is 0 Å². The minimum Gasteiger partial charge on any atom is -0.508 e. The van der Waals surface area contributed by atoms with Gasteiger partial charge in [0.15, 0.2) is 0 Å². The zero-order valence-electron chi connectivity index (χ0n) is 14.7. The first-order valence-corrected chi connectivity index (χ1v) is 8.79. The van der Waals surface area contributed by atoms with Gasteiger partial charge in [-0.25, -0.2) is 0 Å². The van der Waals surface area contributed by atoms with Crippen LogP contribution in [-0.4, -0.2) is 10.2 Å². The number of hydrogen-bond acceptors (Lipinski definition) is 2. The van der Waals surface area contributed by atoms with Gasteiger partial charge in [0.05, 0.1) is 0 Å². The van der Waals surface area contributed by atoms with Gasteiger partial charge in [0.25, 0.3) is 0 Å². The van der Waals surface area contributed by atoms with Gasteiger partial charge in [0.2, 0.25) is 0 Å². The molecule has 2 heteroatoms. The molecule has 2 N–H and O–H groups in total. The van der Waals surface area contributed by atoms with Crippen LogP contribution in [0.1, 0.15) is 53.4 Å². The molecule has 0 amide bonds. The van der Waals surface area contributed by atoms with Crippen molar-refractivity contribution in [1.29, 1.82) is 0 Å². The lowest BCUT2D eigenvalue weighted by atomic mass is 9.51. The highest BCUT2D eigenvalue weighted by atomic mass is 16.3. The van der Waals surface area contributed by atoms with Gasteiger partial charge in [-0.15, -0.1) is 0 Å². The minimum absolute atomic E-state index is 0.0703. The molecule has 0 aromatic heterocycles. The molecule has 124 valence electrons. The molecule has 3 aliphatic rings. The van der Waals surface area contributed by atoms with Gasteiger partial charge in [-0.3, -0.25) is 0 Å². The van der Waals surface area contributed by atoms with E-state index < -0.39 is 0 Å². The summed E-state index contributed by atoms with van der Waals surface area (Å²) in [5, 5.41) is 20.8. The van der Waals surface area contributed by atoms with Crippen molar-refractivity contribution in [3.05, 3.63) is 59.1 Å². The van der Waals surface area contributed by atoms with E-state index in [0.717, 1.165) is 36.8 Å². The van der Waals surface area contributed by atoms with E-state index in [1.165, 1.54) is 0 Å². The smallest absolute Gasteiger partial charge is 0.116 e. The van der Waals surface area contributed by atoms with Crippen LogP contribution in [-0.2, 0) is 0 Å². The molecule has 0 aliphatic heterocycles. The van der Waals surface area contributed by atoms with Crippen molar-refractivity contribution in [3.63, 3.8) is 0 Å². The molecule has 3 aliphatic carbocycles. The Balaban J connectivity index is 2.25. The van der Waals surface area contributed by atoms with Crippen LogP contribution in [0.4, 0.5) is 0 Å². The summed E-state index contributed by atoms with van der Waals surface area (Å²) in [6.45, 7) is 9.06. The van der Waals surface area contributed by atoms with Crippen LogP contribution in [0.2, 0.25) is 0 Å². The molecule has 2 unspecified atom stereocenters. The summed E-state index contributed by atoms with van der Waals surface area (Å²) >= 11 is 0. The molecule has 0 aromatic rings. The van der Waals surface area contributed by atoms with Gasteiger partial charge < -0.3 is 10.2 Å². The van der Waals surface area contributed by atoms with Gasteiger partial charge >= 0.3 is 0 Å². The zero-order chi connectivity index (χ0) is 16.9. The Labute approximate surface area is 139 Å². The van der Waals surface area contributed by atoms with Crippen molar-refractivity contribution in [2.75, 3.05) is 0 Å². The fraction of sp³-hybridized carbons (Fsp3) is 0.524. The molecule has 0 fully saturated rings. The Morgan fingerprint density at radius 3 is 2.35 bits per heavy atom. The fourth-order valence-corrected chi connectivity index (χ4v) is 5.36. The van der Waals surface area contributed by atoms with Gasteiger partial charge in [0, 0.05) is 16.4 Å². The summed E-state index contributed by atoms with van der Waals surface area (Å²) in [4.78, 5) is 0. The molecule has 0 aromatic carbocycles. The summed E-state index contributed by atoms with van der Waals surface area (Å²) in [6.07, 6.45) is 16.4. The average molecular weight is 312 g/mol. The maximum atomic E-state index is 10.7. The van der Waals surface area contributed by atoms with E-state index in [2.05, 4.69) is 45.9 Å². The van der Waals surface area contributed by atoms with E-state index in [1.54, 1.807) is 6.08 Å². The molecule has 0 saturated carbocycles. The van der Waals surface area contributed by atoms with Crippen molar-refractivity contribution in [2.45, 2.75) is 53.4 Å². The molecule has 2 atom stereocenters. The second-order valence-corrected chi connectivity index (χ2v) is 7.69. The third-order valence-corrected chi connectivity index (χ3v) is 6.44. The third-order valence-electron chi connectivity index (χ3n) is 6.44. The normalized spacial score (nSPS) is 32.0. The summed E-state index contributed by atoms with van der Waals surface area (Å²) in [5.74, 6) is 0.621. The SMILES string of the molecule is CCCC(C)(CCC)C12C=CC3=CC(O)=CC=C(C(O)=C1)C32C. The van der Waals surface area contributed by atoms with Gasteiger partial charge in [-0.1, -0.05) is 58.8 Å². The first kappa shape index (κ1) is 16.2. The van der Waals surface area contributed by atoms with Crippen molar-refractivity contribution in [1.82, 2.24) is 0 Å². The monoisotopic (exact) mass is 312 g/mol. The van der Waals surface area contributed by atoms with Crippen molar-refractivity contribution < 1.29 is 10.2 Å². The largest absolute Gasteiger partial charge is 0.508 e. The number of aliphatic hydroxyl groups excluding tert-OH is 2. The first-order chi connectivity index (χ1) is 10.8. The van der Waals surface area contributed by atoms with Crippen LogP contribution >= 0.6 is 0 Å². The Morgan fingerprint density at radius 1 is 1.09 bits per heavy atom. The highest BCUT2D eigenvalue weighted by Gasteiger charge is 2.64. The second kappa shape index (κ2) is 5.15. The molecule has 0 radical (unpaired) electrons. The predicted octanol–water partition coefficient (Wildman–Crippen LogP) is 5.92. The molecule has 0 spiro atoms. The Bertz CT molecular complexity index is 668. The van der Waals surface area contributed by atoms with E-state index >= 15 is 0 Å². The topological polar surface area (TPSA) is 40.5 Å². The molecule has 0 heterocycles. The number of allylic oxidation sites excluding steroid dienone is 8. The molecule has 0 bridgehead atoms. The van der Waals surface area contributed by atoms with Crippen LogP contribution in [0.15, 0.2) is 59.1 Å². The standard InChI is InChI=1S/C21H28O2/c1-5-10-19(3,11-6-2)21-12-9-15-13-16(22)7-8-17(18(23)14-21)20(15,21)4/h7-9,12-14,22-23H,5-6,10-11H2,1-4H3. The predicted molar refractivity (Wildman–Crippen MR) is 95.2 cm³/mol. The lowest BCUT2D eigenvalue weighted by molar-refractivity contribution is 0.0593. The molecule has 0 saturated heterocycles. The summed E-state index contributed by atoms with van der Waals surface area (Å²) in [5.41, 5.74) is 1.55. The van der Waals surface area contributed by atoms with Crippen molar-refractivity contribution >= 4 is 0 Å². The van der Waals surface area contributed by atoms with Crippen LogP contribution < -0.4 is 0 Å². The molecular formula is C21H28O2. The lowest BCUT2D eigenvalue weighted by Crippen LogP contribution is -2.46. The maximum absolute atomic E-state index is 10.7. The first-order valence-electron chi connectivity index (χ1n) is 8.79. The second-order valence-electron chi connectivity index (χ2n) is 7.69. The van der Waals surface area contributed by atoms with Gasteiger partial charge in [0.1, 0.15) is 11.5 Å². The molecule has 23 heavy (non-hydrogen) atoms. The van der Waals surface area contributed by atoms with Crippen LogP contribution in [0, 0.1) is 16.2 Å². The quantitative estimate of drug-likeness (QED) is 0.661. The fourth-order valence-electron chi connectivity index (χ4n) is 5.36. The number of rotatable bonds is 5. The molecule has 3 rings (SSSR count). The Hall–Kier alpha value is -1.70. The third kappa shape index (κ3) is 1.87. The molecule has 2 nitrogen and oxygen atoms in total. The summed E-state index contributed by atoms with van der Waals surface area (Å²) < 4.78 is 0. The van der Waals surface area contributed by atoms with E-state index in [4.69, 9.17) is 0 Å². The minimum atomic E-state index is -0.308. The van der Waals surface area contributed by atoms with Crippen molar-refractivity contribution in [2.24, 2.45) is 16.2 Å². The van der Waals surface area contributed by atoms with Crippen LogP contribution in [0.25, 0.3) is 0 Å². The average Bonchev–Trinajstić information content (AvgIpc) is 2.80. The van der Waals surface area contributed by atoms with Crippen LogP contribution in [0.5, 0.6) is 0 Å². The zero-order valence-corrected chi connectivity index (χ0v) is 14.7. The molecular weight excluding hydrogens is 284 g/mol. The highest BCUT2D eigenvalue weighted by molar-refractivity contribution is 5.63. The number of hydrogen-bond donors (Lipinski definition) is 2. The Morgan fingerprint density at radius 2 is 1.74 bits per heavy atom. The maximum Gasteiger partial charge on any atom is 0.116 e. The summed E-state index contributed by atoms with van der Waals surface area (Å²) in [7, 11) is 0. The lowest BCUT2D eigenvalue weighted by Gasteiger charge is -2.51. The van der Waals surface area contributed by atoms with E-state index in [0.29, 0.717) is 5.76 Å². The van der Waals surface area contributed by atoms with E-state index in [9.17, 15) is 10.2 Å². The number of aliphatic hydroxyl groups is 2.